The third-order valence-electron chi connectivity index (χ3n) is 3.67. The van der Waals surface area contributed by atoms with Gasteiger partial charge in [0.1, 0.15) is 18.2 Å². The van der Waals surface area contributed by atoms with Gasteiger partial charge in [-0.05, 0) is 48.0 Å². The molecule has 0 atom stereocenters. The number of ether oxygens (including phenoxy) is 1. The zero-order chi connectivity index (χ0) is 17.6. The Kier molecular flexibility index (Phi) is 5.95. The van der Waals surface area contributed by atoms with Gasteiger partial charge in [0, 0.05) is 16.6 Å². The molecular weight excluding hydrogens is 405 g/mol. The van der Waals surface area contributed by atoms with Crippen LogP contribution in [0.1, 0.15) is 11.1 Å². The molecule has 0 saturated heterocycles. The molecule has 0 aromatic heterocycles. The van der Waals surface area contributed by atoms with Crippen molar-refractivity contribution in [2.75, 3.05) is 5.32 Å². The molecule has 0 heterocycles. The highest BCUT2D eigenvalue weighted by Gasteiger charge is 2.07. The van der Waals surface area contributed by atoms with Crippen molar-refractivity contribution < 1.29 is 9.13 Å². The second-order valence-corrected chi connectivity index (χ2v) is 6.82. The number of benzene rings is 3. The molecule has 0 bridgehead atoms. The number of halogens is 3. The van der Waals surface area contributed by atoms with E-state index in [1.54, 1.807) is 12.1 Å². The highest BCUT2D eigenvalue weighted by Crippen LogP contribution is 2.27. The van der Waals surface area contributed by atoms with Crippen molar-refractivity contribution in [2.45, 2.75) is 13.2 Å². The molecule has 0 amide bonds. The van der Waals surface area contributed by atoms with E-state index in [4.69, 9.17) is 16.3 Å². The van der Waals surface area contributed by atoms with Crippen molar-refractivity contribution in [3.05, 3.63) is 93.2 Å². The molecule has 3 rings (SSSR count). The first-order valence-electron chi connectivity index (χ1n) is 7.76. The van der Waals surface area contributed by atoms with Gasteiger partial charge in [-0.2, -0.15) is 0 Å². The number of hydrogen-bond donors (Lipinski definition) is 1. The fourth-order valence-corrected chi connectivity index (χ4v) is 2.97. The summed E-state index contributed by atoms with van der Waals surface area (Å²) in [6.45, 7) is 0.947. The lowest BCUT2D eigenvalue weighted by Crippen LogP contribution is -2.04. The molecule has 1 N–H and O–H groups in total. The Hall–Kier alpha value is -2.04. The van der Waals surface area contributed by atoms with Crippen LogP contribution in [0.3, 0.4) is 0 Å². The summed E-state index contributed by atoms with van der Waals surface area (Å²) in [6, 6.07) is 19.7. The first-order chi connectivity index (χ1) is 12.1. The van der Waals surface area contributed by atoms with Gasteiger partial charge in [-0.15, -0.1) is 0 Å². The molecule has 128 valence electrons. The molecule has 0 fully saturated rings. The molecule has 0 spiro atoms. The van der Waals surface area contributed by atoms with E-state index in [0.717, 1.165) is 27.0 Å². The number of para-hydroxylation sites is 1. The van der Waals surface area contributed by atoms with Crippen LogP contribution in [-0.4, -0.2) is 0 Å². The predicted octanol–water partition coefficient (Wildman–Crippen LogP) is 6.43. The van der Waals surface area contributed by atoms with Crippen molar-refractivity contribution >= 4 is 33.2 Å². The first-order valence-corrected chi connectivity index (χ1v) is 8.93. The number of rotatable bonds is 6. The van der Waals surface area contributed by atoms with Gasteiger partial charge in [0.2, 0.25) is 0 Å². The molecule has 0 aliphatic heterocycles. The zero-order valence-electron chi connectivity index (χ0n) is 13.3. The van der Waals surface area contributed by atoms with Crippen molar-refractivity contribution in [1.29, 1.82) is 0 Å². The summed E-state index contributed by atoms with van der Waals surface area (Å²) in [4.78, 5) is 0. The number of hydrogen-bond acceptors (Lipinski definition) is 2. The summed E-state index contributed by atoms with van der Waals surface area (Å²) < 4.78 is 19.9. The van der Waals surface area contributed by atoms with E-state index in [2.05, 4.69) is 21.2 Å². The summed E-state index contributed by atoms with van der Waals surface area (Å²) >= 11 is 9.67. The monoisotopic (exact) mass is 419 g/mol. The van der Waals surface area contributed by atoms with Crippen LogP contribution in [0.15, 0.2) is 71.2 Å². The molecule has 3 aromatic carbocycles. The standard InChI is InChI=1S/C20H16BrClFNO/c21-16-7-10-20(25-13-14-5-8-17(23)9-6-14)15(11-16)12-24-19-4-2-1-3-18(19)22/h1-11,24H,12-13H2. The lowest BCUT2D eigenvalue weighted by atomic mass is 10.2. The highest BCUT2D eigenvalue weighted by molar-refractivity contribution is 9.10. The van der Waals surface area contributed by atoms with Crippen LogP contribution in [0, 0.1) is 5.82 Å². The fraction of sp³-hybridized carbons (Fsp3) is 0.100. The minimum atomic E-state index is -0.253. The summed E-state index contributed by atoms with van der Waals surface area (Å²) in [5, 5.41) is 3.99. The van der Waals surface area contributed by atoms with Gasteiger partial charge in [0.15, 0.2) is 0 Å². The SMILES string of the molecule is Fc1ccc(COc2ccc(Br)cc2CNc2ccccc2Cl)cc1. The molecule has 2 nitrogen and oxygen atoms in total. The topological polar surface area (TPSA) is 21.3 Å². The zero-order valence-corrected chi connectivity index (χ0v) is 15.6. The Bertz CT molecular complexity index is 855. The van der Waals surface area contributed by atoms with E-state index in [0.29, 0.717) is 18.2 Å². The quantitative estimate of drug-likeness (QED) is 0.496. The van der Waals surface area contributed by atoms with Crippen LogP contribution >= 0.6 is 27.5 Å². The van der Waals surface area contributed by atoms with Crippen molar-refractivity contribution in [1.82, 2.24) is 0 Å². The second-order valence-electron chi connectivity index (χ2n) is 5.50. The Morgan fingerprint density at radius 2 is 1.76 bits per heavy atom. The van der Waals surface area contributed by atoms with Gasteiger partial charge >= 0.3 is 0 Å². The van der Waals surface area contributed by atoms with Crippen LogP contribution < -0.4 is 10.1 Å². The highest BCUT2D eigenvalue weighted by atomic mass is 79.9. The van der Waals surface area contributed by atoms with Gasteiger partial charge in [0.05, 0.1) is 10.7 Å². The summed E-state index contributed by atoms with van der Waals surface area (Å²) in [5.41, 5.74) is 2.78. The van der Waals surface area contributed by atoms with E-state index in [9.17, 15) is 4.39 Å². The van der Waals surface area contributed by atoms with Crippen LogP contribution in [0.2, 0.25) is 5.02 Å². The average Bonchev–Trinajstić information content (AvgIpc) is 2.61. The molecule has 0 aliphatic rings. The predicted molar refractivity (Wildman–Crippen MR) is 104 cm³/mol. The van der Waals surface area contributed by atoms with Gasteiger partial charge in [-0.1, -0.05) is 51.8 Å². The van der Waals surface area contributed by atoms with Crippen molar-refractivity contribution in [3.8, 4) is 5.75 Å². The second kappa shape index (κ2) is 8.37. The lowest BCUT2D eigenvalue weighted by molar-refractivity contribution is 0.303. The summed E-state index contributed by atoms with van der Waals surface area (Å²) in [6.07, 6.45) is 0. The molecule has 0 unspecified atom stereocenters. The Balaban J connectivity index is 1.71. The third-order valence-corrected chi connectivity index (χ3v) is 4.50. The Morgan fingerprint density at radius 3 is 2.52 bits per heavy atom. The van der Waals surface area contributed by atoms with Crippen LogP contribution in [0.4, 0.5) is 10.1 Å². The maximum absolute atomic E-state index is 13.0. The van der Waals surface area contributed by atoms with Crippen molar-refractivity contribution in [2.24, 2.45) is 0 Å². The molecule has 0 aliphatic carbocycles. The van der Waals surface area contributed by atoms with Crippen molar-refractivity contribution in [3.63, 3.8) is 0 Å². The van der Waals surface area contributed by atoms with Crippen LogP contribution in [-0.2, 0) is 13.2 Å². The van der Waals surface area contributed by atoms with E-state index in [1.807, 2.05) is 42.5 Å². The minimum Gasteiger partial charge on any atom is -0.489 e. The fourth-order valence-electron chi connectivity index (χ4n) is 2.36. The van der Waals surface area contributed by atoms with Gasteiger partial charge in [-0.25, -0.2) is 4.39 Å². The van der Waals surface area contributed by atoms with Crippen LogP contribution in [0.25, 0.3) is 0 Å². The maximum atomic E-state index is 13.0. The van der Waals surface area contributed by atoms with E-state index in [1.165, 1.54) is 12.1 Å². The molecule has 0 saturated carbocycles. The molecule has 0 radical (unpaired) electrons. The van der Waals surface area contributed by atoms with E-state index >= 15 is 0 Å². The van der Waals surface area contributed by atoms with Gasteiger partial charge < -0.3 is 10.1 Å². The Labute approximate surface area is 159 Å². The van der Waals surface area contributed by atoms with E-state index < -0.39 is 0 Å². The average molecular weight is 421 g/mol. The minimum absolute atomic E-state index is 0.253. The third kappa shape index (κ3) is 4.97. The molecular formula is C20H16BrClFNO. The van der Waals surface area contributed by atoms with E-state index in [-0.39, 0.29) is 5.82 Å². The largest absolute Gasteiger partial charge is 0.489 e. The normalized spacial score (nSPS) is 10.5. The summed E-state index contributed by atoms with van der Waals surface area (Å²) in [5.74, 6) is 0.518. The van der Waals surface area contributed by atoms with Gasteiger partial charge in [0.25, 0.3) is 0 Å². The molecule has 3 aromatic rings. The van der Waals surface area contributed by atoms with Gasteiger partial charge in [-0.3, -0.25) is 0 Å². The van der Waals surface area contributed by atoms with Crippen LogP contribution in [0.5, 0.6) is 5.75 Å². The first kappa shape index (κ1) is 17.8. The number of nitrogens with one attached hydrogen (secondary N) is 1. The lowest BCUT2D eigenvalue weighted by Gasteiger charge is -2.14. The number of anilines is 1. The maximum Gasteiger partial charge on any atom is 0.124 e. The smallest absolute Gasteiger partial charge is 0.124 e. The Morgan fingerprint density at radius 1 is 1.00 bits per heavy atom. The molecule has 25 heavy (non-hydrogen) atoms. The molecule has 5 heteroatoms. The summed E-state index contributed by atoms with van der Waals surface area (Å²) in [7, 11) is 0.